The molecule has 2 aromatic carbocycles. The van der Waals surface area contributed by atoms with E-state index in [0.717, 1.165) is 41.3 Å². The van der Waals surface area contributed by atoms with Crippen molar-refractivity contribution in [3.8, 4) is 0 Å². The number of Topliss-reactive ketones (excluding diaryl/α,β-unsaturated/α-hetero) is 1. The van der Waals surface area contributed by atoms with Crippen LogP contribution in [-0.4, -0.2) is 57.0 Å². The van der Waals surface area contributed by atoms with Crippen molar-refractivity contribution in [3.63, 3.8) is 0 Å². The molecule has 1 aliphatic carbocycles. The van der Waals surface area contributed by atoms with Gasteiger partial charge in [0.25, 0.3) is 0 Å². The largest absolute Gasteiger partial charge is 0.506 e. The summed E-state index contributed by atoms with van der Waals surface area (Å²) in [5.74, 6) is -1.22. The predicted molar refractivity (Wildman–Crippen MR) is 183 cm³/mol. The van der Waals surface area contributed by atoms with Gasteiger partial charge >= 0.3 is 5.97 Å². The molecular weight excluding hydrogens is 562 g/mol. The first-order valence-corrected chi connectivity index (χ1v) is 15.9. The highest BCUT2D eigenvalue weighted by Crippen LogP contribution is 2.43. The number of aliphatic hydroxyl groups is 1. The van der Waals surface area contributed by atoms with Crippen molar-refractivity contribution in [3.05, 3.63) is 100 Å². The Balaban J connectivity index is 1.35. The summed E-state index contributed by atoms with van der Waals surface area (Å²) in [6, 6.07) is 17.5. The lowest BCUT2D eigenvalue weighted by molar-refractivity contribution is -0.401. The fourth-order valence-electron chi connectivity index (χ4n) is 6.35. The first kappa shape index (κ1) is 31.8. The predicted octanol–water partition coefficient (Wildman–Crippen LogP) is 7.78. The van der Waals surface area contributed by atoms with Crippen LogP contribution in [0.3, 0.4) is 0 Å². The van der Waals surface area contributed by atoms with E-state index in [0.29, 0.717) is 11.3 Å². The molecule has 2 N–H and O–H groups in total. The summed E-state index contributed by atoms with van der Waals surface area (Å²) in [6.07, 6.45) is 10.6. The van der Waals surface area contributed by atoms with Crippen LogP contribution in [0.4, 0.5) is 11.4 Å². The van der Waals surface area contributed by atoms with Gasteiger partial charge in [-0.15, -0.1) is 0 Å². The summed E-state index contributed by atoms with van der Waals surface area (Å²) < 4.78 is 3.88. The SMILES string of the molecule is CCCCN(CCCC)c1ccc(/C=C/c2ccc(C3=C(O)/C(=C\C4=[N+](C)c5ccc(C(=O)O)cc5C4(C)C)C3=O)n2C)cc1. The number of unbranched alkanes of at least 4 members (excludes halogenated alkanes) is 2. The quantitative estimate of drug-likeness (QED) is 0.162. The van der Waals surface area contributed by atoms with E-state index >= 15 is 0 Å². The van der Waals surface area contributed by atoms with Gasteiger partial charge in [-0.3, -0.25) is 4.79 Å². The van der Waals surface area contributed by atoms with Gasteiger partial charge in [-0.2, -0.15) is 4.58 Å². The molecule has 1 aliphatic heterocycles. The van der Waals surface area contributed by atoms with Gasteiger partial charge in [-0.05, 0) is 74.7 Å². The number of anilines is 1. The van der Waals surface area contributed by atoms with Crippen molar-refractivity contribution in [2.75, 3.05) is 25.0 Å². The number of nitrogens with zero attached hydrogens (tertiary/aromatic N) is 3. The Labute approximate surface area is 266 Å². The molecule has 0 spiro atoms. The van der Waals surface area contributed by atoms with Gasteiger partial charge in [0.05, 0.1) is 27.8 Å². The molecule has 45 heavy (non-hydrogen) atoms. The maximum Gasteiger partial charge on any atom is 0.335 e. The Morgan fingerprint density at radius 3 is 2.24 bits per heavy atom. The lowest BCUT2D eigenvalue weighted by Crippen LogP contribution is -2.30. The minimum atomic E-state index is -0.982. The molecule has 2 aliphatic rings. The van der Waals surface area contributed by atoms with Crippen LogP contribution in [0.25, 0.3) is 17.7 Å². The second-order valence-corrected chi connectivity index (χ2v) is 12.5. The normalized spacial score (nSPS) is 16.6. The van der Waals surface area contributed by atoms with Crippen molar-refractivity contribution in [1.82, 2.24) is 4.57 Å². The molecular formula is C38H44N3O4+. The van der Waals surface area contributed by atoms with Crippen LogP contribution in [0, 0.1) is 0 Å². The monoisotopic (exact) mass is 606 g/mol. The maximum absolute atomic E-state index is 13.4. The van der Waals surface area contributed by atoms with E-state index in [1.807, 2.05) is 55.3 Å². The number of hydrogen-bond acceptors (Lipinski definition) is 4. The number of aliphatic hydroxyl groups excluding tert-OH is 1. The van der Waals surface area contributed by atoms with E-state index in [4.69, 9.17) is 0 Å². The van der Waals surface area contributed by atoms with Crippen molar-refractivity contribution in [2.24, 2.45) is 7.05 Å². The minimum absolute atomic E-state index is 0.0260. The van der Waals surface area contributed by atoms with E-state index in [2.05, 4.69) is 49.1 Å². The molecule has 0 saturated carbocycles. The third kappa shape index (κ3) is 5.91. The number of carboxylic acids is 1. The molecule has 0 radical (unpaired) electrons. The number of fused-ring (bicyclic) bond motifs is 1. The van der Waals surface area contributed by atoms with Gasteiger partial charge in [-0.1, -0.05) is 44.9 Å². The van der Waals surface area contributed by atoms with Gasteiger partial charge in [0, 0.05) is 49.2 Å². The minimum Gasteiger partial charge on any atom is -0.506 e. The summed E-state index contributed by atoms with van der Waals surface area (Å²) in [7, 11) is 3.79. The van der Waals surface area contributed by atoms with Crippen LogP contribution < -0.4 is 4.90 Å². The Morgan fingerprint density at radius 2 is 1.64 bits per heavy atom. The first-order chi connectivity index (χ1) is 21.5. The average molecular weight is 607 g/mol. The van der Waals surface area contributed by atoms with Crippen LogP contribution in [0.1, 0.15) is 86.3 Å². The number of aromatic carboxylic acids is 1. The third-order valence-corrected chi connectivity index (χ3v) is 9.21. The van der Waals surface area contributed by atoms with E-state index in [1.54, 1.807) is 24.3 Å². The van der Waals surface area contributed by atoms with Gasteiger partial charge in [-0.25, -0.2) is 4.79 Å². The summed E-state index contributed by atoms with van der Waals surface area (Å²) in [5.41, 5.74) is 6.72. The molecule has 234 valence electrons. The molecule has 3 aromatic rings. The van der Waals surface area contributed by atoms with Crippen molar-refractivity contribution < 1.29 is 24.4 Å². The molecule has 0 unspecified atom stereocenters. The Morgan fingerprint density at radius 1 is 0.978 bits per heavy atom. The number of ketones is 1. The Kier molecular flexibility index (Phi) is 9.01. The fourth-order valence-corrected chi connectivity index (χ4v) is 6.35. The summed E-state index contributed by atoms with van der Waals surface area (Å²) in [4.78, 5) is 27.5. The maximum atomic E-state index is 13.4. The van der Waals surface area contributed by atoms with Crippen LogP contribution >= 0.6 is 0 Å². The van der Waals surface area contributed by atoms with Crippen LogP contribution in [-0.2, 0) is 17.3 Å². The Bertz CT molecular complexity index is 1760. The van der Waals surface area contributed by atoms with Crippen molar-refractivity contribution >= 4 is 46.6 Å². The number of carbonyl (C=O) groups excluding carboxylic acids is 1. The van der Waals surface area contributed by atoms with E-state index in [9.17, 15) is 19.8 Å². The molecule has 2 heterocycles. The van der Waals surface area contributed by atoms with Crippen LogP contribution in [0.2, 0.25) is 0 Å². The highest BCUT2D eigenvalue weighted by Gasteiger charge is 2.46. The van der Waals surface area contributed by atoms with E-state index < -0.39 is 11.4 Å². The topological polar surface area (TPSA) is 85.8 Å². The van der Waals surface area contributed by atoms with Crippen molar-refractivity contribution in [2.45, 2.75) is 58.8 Å². The van der Waals surface area contributed by atoms with Gasteiger partial charge < -0.3 is 19.7 Å². The zero-order valence-electron chi connectivity index (χ0n) is 27.2. The zero-order valence-corrected chi connectivity index (χ0v) is 27.2. The molecule has 7 nitrogen and oxygen atoms in total. The lowest BCUT2D eigenvalue weighted by Gasteiger charge is -2.24. The van der Waals surface area contributed by atoms with Gasteiger partial charge in [0.15, 0.2) is 5.71 Å². The molecule has 1 aromatic heterocycles. The average Bonchev–Trinajstić information content (AvgIpc) is 3.47. The highest BCUT2D eigenvalue weighted by atomic mass is 16.4. The summed E-state index contributed by atoms with van der Waals surface area (Å²) in [5, 5.41) is 20.6. The number of allylic oxidation sites excluding steroid dienone is 3. The van der Waals surface area contributed by atoms with Gasteiger partial charge in [0.2, 0.25) is 11.5 Å². The fraction of sp³-hybridized carbons (Fsp3) is 0.342. The van der Waals surface area contributed by atoms with Crippen LogP contribution in [0.5, 0.6) is 0 Å². The number of carbonyl (C=O) groups is 2. The zero-order chi connectivity index (χ0) is 32.5. The summed E-state index contributed by atoms with van der Waals surface area (Å²) >= 11 is 0. The molecule has 5 rings (SSSR count). The molecule has 0 atom stereocenters. The smallest absolute Gasteiger partial charge is 0.335 e. The standard InChI is InChI=1S/C38H43N3O4/c1-7-9-21-41(22-10-8-2)28-16-12-25(13-17-28)11-15-27-18-20-32(39(27)5)34-35(42)29(36(34)43)24-33-38(3,4)30-23-26(37(44)45)14-19-31(30)40(33)6/h11-20,23-24H,7-10,21-22H2,1-6H3,(H-,42,43,44,45)/p+1. The summed E-state index contributed by atoms with van der Waals surface area (Å²) in [6.45, 7) is 10.6. The lowest BCUT2D eigenvalue weighted by atomic mass is 9.78. The number of benzene rings is 2. The molecule has 0 bridgehead atoms. The van der Waals surface area contributed by atoms with E-state index in [1.165, 1.54) is 31.4 Å². The number of rotatable bonds is 12. The molecule has 7 heteroatoms. The molecule has 0 saturated heterocycles. The van der Waals surface area contributed by atoms with E-state index in [-0.39, 0.29) is 22.7 Å². The first-order valence-electron chi connectivity index (χ1n) is 15.9. The Hall–Kier alpha value is -4.65. The number of hydrogen-bond donors (Lipinski definition) is 2. The molecule has 0 fully saturated rings. The second kappa shape index (κ2) is 12.8. The number of aromatic nitrogens is 1. The number of carboxylic acid groups (broad SMARTS) is 1. The highest BCUT2D eigenvalue weighted by molar-refractivity contribution is 6.39. The van der Waals surface area contributed by atoms with Gasteiger partial charge in [0.1, 0.15) is 12.8 Å². The second-order valence-electron chi connectivity index (χ2n) is 12.5. The van der Waals surface area contributed by atoms with Crippen LogP contribution in [0.15, 0.2) is 72.0 Å². The van der Waals surface area contributed by atoms with Crippen molar-refractivity contribution in [1.29, 1.82) is 0 Å². The third-order valence-electron chi connectivity index (χ3n) is 9.21. The molecule has 0 amide bonds.